The molecule has 0 spiro atoms. The van der Waals surface area contributed by atoms with Crippen LogP contribution in [0.4, 0.5) is 18.2 Å². The van der Waals surface area contributed by atoms with Crippen molar-refractivity contribution in [1.82, 2.24) is 4.90 Å². The van der Waals surface area contributed by atoms with Gasteiger partial charge in [-0.2, -0.15) is 13.2 Å². The molecule has 0 radical (unpaired) electrons. The number of rotatable bonds is 5. The first-order valence-electron chi connectivity index (χ1n) is 8.48. The van der Waals surface area contributed by atoms with Gasteiger partial charge in [0.05, 0.1) is 28.2 Å². The van der Waals surface area contributed by atoms with Gasteiger partial charge in [0.15, 0.2) is 0 Å². The van der Waals surface area contributed by atoms with Gasteiger partial charge in [0.1, 0.15) is 5.00 Å². The molecule has 10 heteroatoms. The molecule has 156 valence electrons. The van der Waals surface area contributed by atoms with Gasteiger partial charge in [-0.25, -0.2) is 4.79 Å². The molecule has 1 aromatic carbocycles. The van der Waals surface area contributed by atoms with E-state index in [0.717, 1.165) is 23.5 Å². The van der Waals surface area contributed by atoms with Crippen molar-refractivity contribution in [2.45, 2.75) is 20.0 Å². The Morgan fingerprint density at radius 1 is 1.17 bits per heavy atom. The zero-order valence-electron chi connectivity index (χ0n) is 16.1. The van der Waals surface area contributed by atoms with E-state index < -0.39 is 35.1 Å². The van der Waals surface area contributed by atoms with Gasteiger partial charge < -0.3 is 15.0 Å². The summed E-state index contributed by atoms with van der Waals surface area (Å²) < 4.78 is 44.6. The van der Waals surface area contributed by atoms with Gasteiger partial charge >= 0.3 is 12.1 Å². The molecule has 0 bridgehead atoms. The number of anilines is 1. The van der Waals surface area contributed by atoms with Crippen molar-refractivity contribution in [3.05, 3.63) is 51.4 Å². The Morgan fingerprint density at radius 2 is 1.79 bits per heavy atom. The van der Waals surface area contributed by atoms with Gasteiger partial charge in [-0.1, -0.05) is 12.1 Å². The van der Waals surface area contributed by atoms with E-state index in [1.165, 1.54) is 38.1 Å². The number of nitrogens with zero attached hydrogens (tertiary/aromatic N) is 1. The molecule has 0 saturated carbocycles. The molecule has 2 rings (SSSR count). The second kappa shape index (κ2) is 8.64. The van der Waals surface area contributed by atoms with Crippen LogP contribution in [-0.4, -0.2) is 43.4 Å². The molecule has 1 aromatic heterocycles. The molecular formula is C19H19F3N2O4S. The summed E-state index contributed by atoms with van der Waals surface area (Å²) in [6.45, 7) is 3.15. The predicted octanol–water partition coefficient (Wildman–Crippen LogP) is 4.21. The van der Waals surface area contributed by atoms with Crippen LogP contribution in [0.3, 0.4) is 0 Å². The van der Waals surface area contributed by atoms with Crippen LogP contribution in [-0.2, 0) is 10.9 Å². The maximum Gasteiger partial charge on any atom is 0.417 e. The van der Waals surface area contributed by atoms with Crippen molar-refractivity contribution in [3.8, 4) is 0 Å². The van der Waals surface area contributed by atoms with Crippen LogP contribution in [0, 0.1) is 6.92 Å². The number of alkyl halides is 3. The lowest BCUT2D eigenvalue weighted by Gasteiger charge is -2.12. The minimum Gasteiger partial charge on any atom is -0.462 e. The maximum atomic E-state index is 13.2. The van der Waals surface area contributed by atoms with Gasteiger partial charge in [0, 0.05) is 14.1 Å². The average molecular weight is 428 g/mol. The molecule has 6 nitrogen and oxygen atoms in total. The van der Waals surface area contributed by atoms with Gasteiger partial charge in [0.25, 0.3) is 11.8 Å². The summed E-state index contributed by atoms with van der Waals surface area (Å²) in [5.74, 6) is -2.23. The van der Waals surface area contributed by atoms with E-state index in [9.17, 15) is 27.6 Å². The molecule has 1 N–H and O–H groups in total. The van der Waals surface area contributed by atoms with E-state index in [1.54, 1.807) is 6.92 Å². The molecule has 0 aliphatic carbocycles. The molecule has 0 fully saturated rings. The summed E-state index contributed by atoms with van der Waals surface area (Å²) in [4.78, 5) is 38.8. The van der Waals surface area contributed by atoms with Gasteiger partial charge in [-0.3, -0.25) is 9.59 Å². The fraction of sp³-hybridized carbons (Fsp3) is 0.316. The van der Waals surface area contributed by atoms with Crippen molar-refractivity contribution in [2.24, 2.45) is 0 Å². The van der Waals surface area contributed by atoms with Gasteiger partial charge in [-0.15, -0.1) is 11.3 Å². The zero-order valence-corrected chi connectivity index (χ0v) is 17.0. The first-order valence-corrected chi connectivity index (χ1v) is 9.30. The summed E-state index contributed by atoms with van der Waals surface area (Å²) in [5.41, 5.74) is -1.47. The minimum absolute atomic E-state index is 0.0480. The summed E-state index contributed by atoms with van der Waals surface area (Å²) in [7, 11) is 3.03. The molecule has 0 unspecified atom stereocenters. The Labute approximate surface area is 169 Å². The van der Waals surface area contributed by atoms with Crippen LogP contribution in [0.2, 0.25) is 0 Å². The zero-order chi connectivity index (χ0) is 21.9. The number of nitrogens with one attached hydrogen (secondary N) is 1. The van der Waals surface area contributed by atoms with Crippen LogP contribution in [0.5, 0.6) is 0 Å². The summed E-state index contributed by atoms with van der Waals surface area (Å²) in [6.07, 6.45) is -4.73. The Balaban J connectivity index is 2.52. The van der Waals surface area contributed by atoms with E-state index in [2.05, 4.69) is 5.32 Å². The quantitative estimate of drug-likeness (QED) is 0.724. The molecule has 0 aliphatic heterocycles. The second-order valence-electron chi connectivity index (χ2n) is 6.18. The topological polar surface area (TPSA) is 75.7 Å². The highest BCUT2D eigenvalue weighted by Crippen LogP contribution is 2.36. The maximum absolute atomic E-state index is 13.2. The lowest BCUT2D eigenvalue weighted by Crippen LogP contribution is -2.21. The van der Waals surface area contributed by atoms with Crippen LogP contribution >= 0.6 is 11.3 Å². The molecule has 2 amide bonds. The third kappa shape index (κ3) is 4.76. The van der Waals surface area contributed by atoms with E-state index in [4.69, 9.17) is 4.74 Å². The van der Waals surface area contributed by atoms with Crippen molar-refractivity contribution in [3.63, 3.8) is 0 Å². The number of benzene rings is 1. The first kappa shape index (κ1) is 22.4. The van der Waals surface area contributed by atoms with Crippen LogP contribution in [0.15, 0.2) is 24.3 Å². The average Bonchev–Trinajstić information content (AvgIpc) is 2.96. The van der Waals surface area contributed by atoms with E-state index >= 15 is 0 Å². The molecule has 29 heavy (non-hydrogen) atoms. The van der Waals surface area contributed by atoms with E-state index in [-0.39, 0.29) is 27.6 Å². The lowest BCUT2D eigenvalue weighted by molar-refractivity contribution is -0.137. The minimum atomic E-state index is -4.73. The fourth-order valence-electron chi connectivity index (χ4n) is 2.56. The number of hydrogen-bond donors (Lipinski definition) is 1. The smallest absolute Gasteiger partial charge is 0.417 e. The monoisotopic (exact) mass is 428 g/mol. The third-order valence-electron chi connectivity index (χ3n) is 3.93. The Bertz CT molecular complexity index is 951. The Hall–Kier alpha value is -2.88. The van der Waals surface area contributed by atoms with Crippen molar-refractivity contribution in [1.29, 1.82) is 0 Å². The first-order chi connectivity index (χ1) is 13.5. The standard InChI is InChI=1S/C19H19F3N2O4S/c1-5-28-18(27)13-10(2)14(17(26)24(3)4)29-16(13)23-15(25)11-8-6-7-9-12(11)19(20,21)22/h6-9H,5H2,1-4H3,(H,23,25). The number of esters is 1. The van der Waals surface area contributed by atoms with Crippen LogP contribution < -0.4 is 5.32 Å². The van der Waals surface area contributed by atoms with Crippen LogP contribution in [0.1, 0.15) is 48.4 Å². The number of carbonyl (C=O) groups excluding carboxylic acids is 3. The summed E-state index contributed by atoms with van der Waals surface area (Å²) in [6, 6.07) is 4.31. The summed E-state index contributed by atoms with van der Waals surface area (Å²) >= 11 is 0.808. The number of carbonyl (C=O) groups is 3. The predicted molar refractivity (Wildman–Crippen MR) is 102 cm³/mol. The van der Waals surface area contributed by atoms with Crippen molar-refractivity contribution < 1.29 is 32.3 Å². The number of hydrogen-bond acceptors (Lipinski definition) is 5. The molecule has 0 aliphatic rings. The Morgan fingerprint density at radius 3 is 2.34 bits per heavy atom. The highest BCUT2D eigenvalue weighted by molar-refractivity contribution is 7.18. The highest BCUT2D eigenvalue weighted by atomic mass is 32.1. The molecule has 1 heterocycles. The highest BCUT2D eigenvalue weighted by Gasteiger charge is 2.35. The molecular weight excluding hydrogens is 409 g/mol. The SMILES string of the molecule is CCOC(=O)c1c(NC(=O)c2ccccc2C(F)(F)F)sc(C(=O)N(C)C)c1C. The normalized spacial score (nSPS) is 11.1. The van der Waals surface area contributed by atoms with Gasteiger partial charge in [-0.05, 0) is 31.5 Å². The third-order valence-corrected chi connectivity index (χ3v) is 5.13. The number of thiophene rings is 1. The number of ether oxygens (including phenoxy) is 1. The van der Waals surface area contributed by atoms with E-state index in [1.807, 2.05) is 0 Å². The van der Waals surface area contributed by atoms with Crippen molar-refractivity contribution >= 4 is 34.1 Å². The number of halogens is 3. The van der Waals surface area contributed by atoms with E-state index in [0.29, 0.717) is 0 Å². The van der Waals surface area contributed by atoms with Crippen LogP contribution in [0.25, 0.3) is 0 Å². The second-order valence-corrected chi connectivity index (χ2v) is 7.20. The Kier molecular flexibility index (Phi) is 6.68. The van der Waals surface area contributed by atoms with Crippen molar-refractivity contribution in [2.75, 3.05) is 26.0 Å². The van der Waals surface area contributed by atoms with Gasteiger partial charge in [0.2, 0.25) is 0 Å². The fourth-order valence-corrected chi connectivity index (χ4v) is 3.77. The summed E-state index contributed by atoms with van der Waals surface area (Å²) in [5, 5.41) is 2.29. The molecule has 2 aromatic rings. The number of amides is 2. The molecule has 0 atom stereocenters. The largest absolute Gasteiger partial charge is 0.462 e. The molecule has 0 saturated heterocycles. The lowest BCUT2D eigenvalue weighted by atomic mass is 10.1.